The molecule has 0 aromatic heterocycles. The number of para-hydroxylation sites is 1. The fourth-order valence-electron chi connectivity index (χ4n) is 2.85. The van der Waals surface area contributed by atoms with Crippen molar-refractivity contribution in [2.24, 2.45) is 5.73 Å². The van der Waals surface area contributed by atoms with E-state index in [1.807, 2.05) is 18.2 Å². The van der Waals surface area contributed by atoms with Gasteiger partial charge in [-0.25, -0.2) is 0 Å². The van der Waals surface area contributed by atoms with Crippen molar-refractivity contribution in [1.82, 2.24) is 5.32 Å². The van der Waals surface area contributed by atoms with Crippen LogP contribution in [0, 0.1) is 0 Å². The fraction of sp³-hybridized carbons (Fsp3) is 0.562. The van der Waals surface area contributed by atoms with Gasteiger partial charge in [-0.2, -0.15) is 0 Å². The first-order chi connectivity index (χ1) is 10.1. The summed E-state index contributed by atoms with van der Waals surface area (Å²) in [6.07, 6.45) is 4.72. The van der Waals surface area contributed by atoms with Gasteiger partial charge in [0.2, 0.25) is 5.91 Å². The smallest absolute Gasteiger partial charge is 0.240 e. The number of nitrogens with one attached hydrogen (secondary N) is 1. The molecule has 0 aliphatic heterocycles. The summed E-state index contributed by atoms with van der Waals surface area (Å²) in [5.41, 5.74) is 6.39. The Morgan fingerprint density at radius 2 is 1.95 bits per heavy atom. The zero-order chi connectivity index (χ0) is 15.3. The number of carbonyl (C=O) groups is 1. The molecule has 3 N–H and O–H groups in total. The summed E-state index contributed by atoms with van der Waals surface area (Å²) in [7, 11) is 3.19. The molecule has 0 saturated heterocycles. The van der Waals surface area contributed by atoms with E-state index in [1.165, 1.54) is 0 Å². The van der Waals surface area contributed by atoms with Crippen molar-refractivity contribution in [2.45, 2.75) is 44.2 Å². The first-order valence-electron chi connectivity index (χ1n) is 7.38. The first-order valence-corrected chi connectivity index (χ1v) is 7.38. The Bertz CT molecular complexity index is 496. The maximum atomic E-state index is 12.3. The molecule has 0 bridgehead atoms. The van der Waals surface area contributed by atoms with Crippen LogP contribution >= 0.6 is 0 Å². The van der Waals surface area contributed by atoms with Crippen LogP contribution in [-0.4, -0.2) is 25.7 Å². The molecule has 1 amide bonds. The van der Waals surface area contributed by atoms with E-state index in [1.54, 1.807) is 14.2 Å². The number of hydrogen-bond acceptors (Lipinski definition) is 4. The number of hydrogen-bond donors (Lipinski definition) is 2. The third kappa shape index (κ3) is 3.47. The van der Waals surface area contributed by atoms with Gasteiger partial charge in [0, 0.05) is 12.1 Å². The molecule has 1 aliphatic rings. The Labute approximate surface area is 125 Å². The summed E-state index contributed by atoms with van der Waals surface area (Å²) in [6, 6.07) is 5.61. The summed E-state index contributed by atoms with van der Waals surface area (Å²) < 4.78 is 10.6. The highest BCUT2D eigenvalue weighted by atomic mass is 16.5. The summed E-state index contributed by atoms with van der Waals surface area (Å²) in [4.78, 5) is 12.3. The average molecular weight is 292 g/mol. The van der Waals surface area contributed by atoms with Crippen molar-refractivity contribution in [3.8, 4) is 11.5 Å². The van der Waals surface area contributed by atoms with E-state index in [4.69, 9.17) is 15.2 Å². The van der Waals surface area contributed by atoms with Crippen LogP contribution in [0.4, 0.5) is 0 Å². The average Bonchev–Trinajstić information content (AvgIpc) is 2.52. The van der Waals surface area contributed by atoms with E-state index < -0.39 is 5.54 Å². The fourth-order valence-corrected chi connectivity index (χ4v) is 2.85. The Morgan fingerprint density at radius 3 is 2.57 bits per heavy atom. The van der Waals surface area contributed by atoms with Crippen LogP contribution < -0.4 is 20.5 Å². The topological polar surface area (TPSA) is 73.6 Å². The summed E-state index contributed by atoms with van der Waals surface area (Å²) in [6.45, 7) is 0.387. The number of nitrogens with two attached hydrogens (primary N) is 1. The van der Waals surface area contributed by atoms with Crippen LogP contribution in [0.15, 0.2) is 18.2 Å². The van der Waals surface area contributed by atoms with Gasteiger partial charge in [0.15, 0.2) is 11.5 Å². The predicted molar refractivity (Wildman–Crippen MR) is 81.4 cm³/mol. The molecule has 1 fully saturated rings. The van der Waals surface area contributed by atoms with E-state index in [9.17, 15) is 4.79 Å². The molecule has 1 saturated carbocycles. The lowest BCUT2D eigenvalue weighted by atomic mass is 9.82. The molecule has 1 aliphatic carbocycles. The van der Waals surface area contributed by atoms with Crippen molar-refractivity contribution in [2.75, 3.05) is 14.2 Å². The third-order valence-corrected chi connectivity index (χ3v) is 4.12. The Kier molecular flexibility index (Phi) is 5.07. The largest absolute Gasteiger partial charge is 0.493 e. The van der Waals surface area contributed by atoms with Gasteiger partial charge in [-0.15, -0.1) is 0 Å². The molecular weight excluding hydrogens is 268 g/mol. The third-order valence-electron chi connectivity index (χ3n) is 4.12. The predicted octanol–water partition coefficient (Wildman–Crippen LogP) is 1.98. The van der Waals surface area contributed by atoms with Crippen molar-refractivity contribution in [1.29, 1.82) is 0 Å². The van der Waals surface area contributed by atoms with Gasteiger partial charge < -0.3 is 20.5 Å². The van der Waals surface area contributed by atoms with Gasteiger partial charge in [0.05, 0.1) is 19.8 Å². The zero-order valence-corrected chi connectivity index (χ0v) is 12.8. The second-order valence-electron chi connectivity index (χ2n) is 5.55. The minimum Gasteiger partial charge on any atom is -0.493 e. The molecule has 2 rings (SSSR count). The van der Waals surface area contributed by atoms with Crippen LogP contribution in [0.3, 0.4) is 0 Å². The summed E-state index contributed by atoms with van der Waals surface area (Å²) >= 11 is 0. The lowest BCUT2D eigenvalue weighted by Gasteiger charge is -2.31. The molecular formula is C16H24N2O3. The Morgan fingerprint density at radius 1 is 1.24 bits per heavy atom. The van der Waals surface area contributed by atoms with Crippen molar-refractivity contribution < 1.29 is 14.3 Å². The molecule has 0 radical (unpaired) electrons. The van der Waals surface area contributed by atoms with Crippen LogP contribution in [0.25, 0.3) is 0 Å². The number of benzene rings is 1. The molecule has 116 valence electrons. The molecule has 5 heteroatoms. The lowest BCUT2D eigenvalue weighted by Crippen LogP contribution is -2.54. The Balaban J connectivity index is 2.04. The van der Waals surface area contributed by atoms with E-state index >= 15 is 0 Å². The zero-order valence-electron chi connectivity index (χ0n) is 12.8. The van der Waals surface area contributed by atoms with Crippen molar-refractivity contribution >= 4 is 5.91 Å². The van der Waals surface area contributed by atoms with Gasteiger partial charge >= 0.3 is 0 Å². The highest BCUT2D eigenvalue weighted by Crippen LogP contribution is 2.31. The molecule has 0 unspecified atom stereocenters. The minimum atomic E-state index is -0.718. The minimum absolute atomic E-state index is 0.0768. The van der Waals surface area contributed by atoms with Gasteiger partial charge in [0.25, 0.3) is 0 Å². The number of carbonyl (C=O) groups excluding carboxylic acids is 1. The maximum Gasteiger partial charge on any atom is 0.240 e. The molecule has 1 aromatic rings. The van der Waals surface area contributed by atoms with Gasteiger partial charge in [-0.05, 0) is 18.9 Å². The van der Waals surface area contributed by atoms with Crippen molar-refractivity contribution in [3.05, 3.63) is 23.8 Å². The quantitative estimate of drug-likeness (QED) is 0.870. The Hall–Kier alpha value is -1.75. The monoisotopic (exact) mass is 292 g/mol. The molecule has 21 heavy (non-hydrogen) atoms. The second-order valence-corrected chi connectivity index (χ2v) is 5.55. The highest BCUT2D eigenvalue weighted by molar-refractivity contribution is 5.86. The summed E-state index contributed by atoms with van der Waals surface area (Å²) in [5.74, 6) is 1.23. The standard InChI is InChI=1S/C16H24N2O3/c1-20-13-8-6-7-12(14(13)21-2)11-18-15(19)16(17)9-4-3-5-10-16/h6-8H,3-5,9-11,17H2,1-2H3,(H,18,19). The van der Waals surface area contributed by atoms with Gasteiger partial charge in [0.1, 0.15) is 0 Å². The van der Waals surface area contributed by atoms with E-state index in [-0.39, 0.29) is 5.91 Å². The molecule has 0 spiro atoms. The van der Waals surface area contributed by atoms with E-state index in [0.29, 0.717) is 18.0 Å². The number of rotatable bonds is 5. The second kappa shape index (κ2) is 6.80. The van der Waals surface area contributed by atoms with Gasteiger partial charge in [-0.3, -0.25) is 4.79 Å². The number of ether oxygens (including phenoxy) is 2. The van der Waals surface area contributed by atoms with E-state index in [2.05, 4.69) is 5.32 Å². The van der Waals surface area contributed by atoms with Crippen LogP contribution in [0.2, 0.25) is 0 Å². The highest BCUT2D eigenvalue weighted by Gasteiger charge is 2.35. The SMILES string of the molecule is COc1cccc(CNC(=O)C2(N)CCCCC2)c1OC. The molecule has 5 nitrogen and oxygen atoms in total. The van der Waals surface area contributed by atoms with Crippen LogP contribution in [0.5, 0.6) is 11.5 Å². The van der Waals surface area contributed by atoms with E-state index in [0.717, 1.165) is 37.7 Å². The molecule has 1 aromatic carbocycles. The lowest BCUT2D eigenvalue weighted by molar-refractivity contribution is -0.127. The maximum absolute atomic E-state index is 12.3. The molecule has 0 heterocycles. The number of amides is 1. The van der Waals surface area contributed by atoms with Crippen molar-refractivity contribution in [3.63, 3.8) is 0 Å². The summed E-state index contributed by atoms with van der Waals surface area (Å²) in [5, 5.41) is 2.94. The van der Waals surface area contributed by atoms with Gasteiger partial charge in [-0.1, -0.05) is 31.4 Å². The van der Waals surface area contributed by atoms with Crippen LogP contribution in [0.1, 0.15) is 37.7 Å². The number of methoxy groups -OCH3 is 2. The molecule has 0 atom stereocenters. The first kappa shape index (κ1) is 15.6. The van der Waals surface area contributed by atoms with Crippen LogP contribution in [-0.2, 0) is 11.3 Å². The normalized spacial score (nSPS) is 17.1.